The smallest absolute Gasteiger partial charge is 0.367 e. The maximum atomic E-state index is 11.6. The Kier molecular flexibility index (Phi) is 5.46. The molecule has 1 heterocycles. The second kappa shape index (κ2) is 7.33. The Labute approximate surface area is 131 Å². The van der Waals surface area contributed by atoms with E-state index in [1.165, 1.54) is 11.3 Å². The van der Waals surface area contributed by atoms with E-state index in [2.05, 4.69) is 4.98 Å². The molecule has 112 valence electrons. The van der Waals surface area contributed by atoms with Crippen LogP contribution >= 0.6 is 23.1 Å². The van der Waals surface area contributed by atoms with Crippen LogP contribution in [-0.4, -0.2) is 24.7 Å². The Hall–Kier alpha value is -1.73. The zero-order chi connectivity index (χ0) is 15.2. The highest BCUT2D eigenvalue weighted by atomic mass is 32.2. The zero-order valence-electron chi connectivity index (χ0n) is 11.8. The van der Waals surface area contributed by atoms with E-state index in [0.29, 0.717) is 23.1 Å². The van der Waals surface area contributed by atoms with E-state index in [9.17, 15) is 4.79 Å². The van der Waals surface area contributed by atoms with Gasteiger partial charge in [-0.2, -0.15) is 0 Å². The Balaban J connectivity index is 2.02. The first-order chi connectivity index (χ1) is 10.1. The quantitative estimate of drug-likeness (QED) is 0.500. The topological polar surface area (TPSA) is 74.4 Å². The van der Waals surface area contributed by atoms with Crippen molar-refractivity contribution in [2.75, 3.05) is 19.5 Å². The second-order valence-corrected chi connectivity index (χ2v) is 5.94. The first-order valence-electron chi connectivity index (χ1n) is 6.32. The predicted molar refractivity (Wildman–Crippen MR) is 85.0 cm³/mol. The molecule has 0 fully saturated rings. The van der Waals surface area contributed by atoms with E-state index < -0.39 is 0 Å². The number of hydrogen-bond donors (Lipinski definition) is 1. The van der Waals surface area contributed by atoms with Crippen molar-refractivity contribution in [3.63, 3.8) is 0 Å². The van der Waals surface area contributed by atoms with Crippen molar-refractivity contribution in [1.29, 1.82) is 0 Å². The molecule has 0 unspecified atom stereocenters. The van der Waals surface area contributed by atoms with Crippen LogP contribution in [0.2, 0.25) is 0 Å². The number of esters is 1. The maximum absolute atomic E-state index is 11.6. The molecular weight excluding hydrogens is 308 g/mol. The van der Waals surface area contributed by atoms with Crippen LogP contribution in [0.5, 0.6) is 5.75 Å². The van der Waals surface area contributed by atoms with Gasteiger partial charge in [-0.05, 0) is 19.1 Å². The van der Waals surface area contributed by atoms with Crippen LogP contribution in [0, 0.1) is 0 Å². The number of benzene rings is 1. The molecule has 5 nitrogen and oxygen atoms in total. The van der Waals surface area contributed by atoms with Gasteiger partial charge in [0, 0.05) is 27.8 Å². The van der Waals surface area contributed by atoms with Crippen LogP contribution in [0.3, 0.4) is 0 Å². The number of nitrogens with two attached hydrogens (primary N) is 1. The third-order valence-electron chi connectivity index (χ3n) is 2.57. The number of nitrogens with zero attached hydrogens (tertiary/aromatic N) is 1. The number of rotatable bonds is 6. The van der Waals surface area contributed by atoms with Crippen molar-refractivity contribution in [3.8, 4) is 5.75 Å². The molecule has 0 saturated heterocycles. The second-order valence-electron chi connectivity index (χ2n) is 4.06. The SMILES string of the molecule is CCOC(=O)c1nc(CSc2ccc(N)cc2OC)cs1. The summed E-state index contributed by atoms with van der Waals surface area (Å²) in [5.41, 5.74) is 7.23. The molecule has 21 heavy (non-hydrogen) atoms. The summed E-state index contributed by atoms with van der Waals surface area (Å²) in [5, 5.41) is 2.25. The van der Waals surface area contributed by atoms with Gasteiger partial charge in [-0.15, -0.1) is 23.1 Å². The van der Waals surface area contributed by atoms with Gasteiger partial charge in [0.15, 0.2) is 0 Å². The maximum Gasteiger partial charge on any atom is 0.367 e. The first-order valence-corrected chi connectivity index (χ1v) is 8.18. The lowest BCUT2D eigenvalue weighted by Gasteiger charge is -2.07. The highest BCUT2D eigenvalue weighted by Crippen LogP contribution is 2.33. The molecule has 0 atom stereocenters. The van der Waals surface area contributed by atoms with Crippen LogP contribution in [-0.2, 0) is 10.5 Å². The Morgan fingerprint density at radius 1 is 1.48 bits per heavy atom. The van der Waals surface area contributed by atoms with Crippen LogP contribution < -0.4 is 10.5 Å². The number of carbonyl (C=O) groups excluding carboxylic acids is 1. The zero-order valence-corrected chi connectivity index (χ0v) is 13.4. The molecule has 0 bridgehead atoms. The molecule has 1 aromatic carbocycles. The minimum atomic E-state index is -0.371. The van der Waals surface area contributed by atoms with E-state index in [1.807, 2.05) is 17.5 Å². The largest absolute Gasteiger partial charge is 0.496 e. The fourth-order valence-corrected chi connectivity index (χ4v) is 3.33. The number of hydrogen-bond acceptors (Lipinski definition) is 7. The summed E-state index contributed by atoms with van der Waals surface area (Å²) in [4.78, 5) is 16.8. The summed E-state index contributed by atoms with van der Waals surface area (Å²) in [5.74, 6) is 1.01. The summed E-state index contributed by atoms with van der Waals surface area (Å²) in [6.07, 6.45) is 0. The molecule has 0 aliphatic rings. The Bertz CT molecular complexity index is 628. The van der Waals surface area contributed by atoms with Gasteiger partial charge in [0.1, 0.15) is 5.75 Å². The number of carbonyl (C=O) groups is 1. The van der Waals surface area contributed by atoms with Crippen LogP contribution in [0.4, 0.5) is 5.69 Å². The molecule has 0 radical (unpaired) electrons. The van der Waals surface area contributed by atoms with E-state index in [-0.39, 0.29) is 5.97 Å². The van der Waals surface area contributed by atoms with Gasteiger partial charge >= 0.3 is 5.97 Å². The van der Waals surface area contributed by atoms with Crippen molar-refractivity contribution in [3.05, 3.63) is 34.3 Å². The molecule has 0 spiro atoms. The van der Waals surface area contributed by atoms with E-state index in [1.54, 1.807) is 31.9 Å². The summed E-state index contributed by atoms with van der Waals surface area (Å²) in [6, 6.07) is 5.53. The minimum Gasteiger partial charge on any atom is -0.496 e. The fraction of sp³-hybridized carbons (Fsp3) is 0.286. The number of thiazole rings is 1. The standard InChI is InChI=1S/C14H16N2O3S2/c1-3-19-14(17)13-16-10(8-21-13)7-20-12-5-4-9(15)6-11(12)18-2/h4-6,8H,3,7,15H2,1-2H3. The molecule has 0 saturated carbocycles. The lowest BCUT2D eigenvalue weighted by Crippen LogP contribution is -2.03. The number of methoxy groups -OCH3 is 1. The number of thioether (sulfide) groups is 1. The molecule has 2 N–H and O–H groups in total. The molecule has 7 heteroatoms. The highest BCUT2D eigenvalue weighted by Gasteiger charge is 2.12. The third-order valence-corrected chi connectivity index (χ3v) is 4.52. The summed E-state index contributed by atoms with van der Waals surface area (Å²) in [7, 11) is 1.61. The van der Waals surface area contributed by atoms with Gasteiger partial charge in [-0.1, -0.05) is 0 Å². The molecule has 2 rings (SSSR count). The normalized spacial score (nSPS) is 10.4. The van der Waals surface area contributed by atoms with E-state index >= 15 is 0 Å². The summed E-state index contributed by atoms with van der Waals surface area (Å²) < 4.78 is 10.2. The molecule has 0 aliphatic carbocycles. The summed E-state index contributed by atoms with van der Waals surface area (Å²) >= 11 is 2.88. The van der Waals surface area contributed by atoms with Gasteiger partial charge in [0.25, 0.3) is 0 Å². The van der Waals surface area contributed by atoms with Gasteiger partial charge in [0.2, 0.25) is 5.01 Å². The number of anilines is 1. The number of nitrogen functional groups attached to an aromatic ring is 1. The van der Waals surface area contributed by atoms with Crippen molar-refractivity contribution >= 4 is 34.8 Å². The van der Waals surface area contributed by atoms with E-state index in [0.717, 1.165) is 16.3 Å². The predicted octanol–water partition coefficient (Wildman–Crippen LogP) is 3.20. The Morgan fingerprint density at radius 3 is 3.00 bits per heavy atom. The van der Waals surface area contributed by atoms with Crippen LogP contribution in [0.1, 0.15) is 22.4 Å². The average molecular weight is 324 g/mol. The summed E-state index contributed by atoms with van der Waals surface area (Å²) in [6.45, 7) is 2.13. The number of aromatic nitrogens is 1. The molecular formula is C14H16N2O3S2. The van der Waals surface area contributed by atoms with Gasteiger partial charge in [-0.3, -0.25) is 0 Å². The molecule has 2 aromatic rings. The van der Waals surface area contributed by atoms with Crippen LogP contribution in [0.25, 0.3) is 0 Å². The fourth-order valence-electron chi connectivity index (χ4n) is 1.61. The van der Waals surface area contributed by atoms with Gasteiger partial charge in [0.05, 0.1) is 19.4 Å². The average Bonchev–Trinajstić information content (AvgIpc) is 2.95. The van der Waals surface area contributed by atoms with Crippen molar-refractivity contribution in [2.45, 2.75) is 17.6 Å². The van der Waals surface area contributed by atoms with E-state index in [4.69, 9.17) is 15.2 Å². The van der Waals surface area contributed by atoms with Crippen LogP contribution in [0.15, 0.2) is 28.5 Å². The lowest BCUT2D eigenvalue weighted by molar-refractivity contribution is 0.0525. The van der Waals surface area contributed by atoms with Gasteiger partial charge < -0.3 is 15.2 Å². The number of ether oxygens (including phenoxy) is 2. The van der Waals surface area contributed by atoms with Gasteiger partial charge in [-0.25, -0.2) is 9.78 Å². The Morgan fingerprint density at radius 2 is 2.29 bits per heavy atom. The highest BCUT2D eigenvalue weighted by molar-refractivity contribution is 7.98. The molecule has 1 aromatic heterocycles. The third kappa shape index (κ3) is 4.12. The first kappa shape index (κ1) is 15.7. The van der Waals surface area contributed by atoms with Crippen molar-refractivity contribution < 1.29 is 14.3 Å². The van der Waals surface area contributed by atoms with Crippen molar-refractivity contribution in [2.24, 2.45) is 0 Å². The molecule has 0 aliphatic heterocycles. The monoisotopic (exact) mass is 324 g/mol. The lowest BCUT2D eigenvalue weighted by atomic mass is 10.3. The van der Waals surface area contributed by atoms with Crippen molar-refractivity contribution in [1.82, 2.24) is 4.98 Å². The minimum absolute atomic E-state index is 0.352. The molecule has 0 amide bonds.